The Morgan fingerprint density at radius 1 is 1.52 bits per heavy atom. The van der Waals surface area contributed by atoms with Gasteiger partial charge in [0.25, 0.3) is 0 Å². The average molecular weight is 290 g/mol. The van der Waals surface area contributed by atoms with Crippen LogP contribution in [-0.2, 0) is 16.1 Å². The second-order valence-corrected chi connectivity index (χ2v) is 6.35. The van der Waals surface area contributed by atoms with Crippen molar-refractivity contribution in [2.75, 3.05) is 13.7 Å². The van der Waals surface area contributed by atoms with E-state index in [9.17, 15) is 10.1 Å². The van der Waals surface area contributed by atoms with Crippen LogP contribution in [0.2, 0.25) is 0 Å². The Hall–Kier alpha value is -1.87. The Kier molecular flexibility index (Phi) is 4.33. The van der Waals surface area contributed by atoms with Gasteiger partial charge in [-0.2, -0.15) is 10.4 Å². The first-order valence-corrected chi connectivity index (χ1v) is 7.11. The van der Waals surface area contributed by atoms with Crippen LogP contribution in [0, 0.1) is 17.2 Å². The lowest BCUT2D eigenvalue weighted by molar-refractivity contribution is -0.133. The Balaban J connectivity index is 2.31. The molecule has 0 saturated carbocycles. The van der Waals surface area contributed by atoms with Gasteiger partial charge in [0.05, 0.1) is 37.4 Å². The first-order chi connectivity index (χ1) is 9.88. The normalized spacial score (nSPS) is 22.6. The van der Waals surface area contributed by atoms with Gasteiger partial charge in [-0.1, -0.05) is 0 Å². The zero-order valence-corrected chi connectivity index (χ0v) is 13.0. The largest absolute Gasteiger partial charge is 0.383 e. The highest BCUT2D eigenvalue weighted by molar-refractivity contribution is 5.81. The smallest absolute Gasteiger partial charge is 0.224 e. The molecule has 2 heterocycles. The Bertz CT molecular complexity index is 553. The van der Waals surface area contributed by atoms with Crippen LogP contribution in [0.5, 0.6) is 0 Å². The highest BCUT2D eigenvalue weighted by Gasteiger charge is 2.46. The SMILES string of the molecule is COCCn1cc([C@H]2[C@@H](C#N)CC(=O)N2C(C)(C)C)cn1. The molecular formula is C15H22N4O2. The van der Waals surface area contributed by atoms with E-state index in [2.05, 4.69) is 11.2 Å². The Morgan fingerprint density at radius 2 is 2.24 bits per heavy atom. The van der Waals surface area contributed by atoms with Crippen molar-refractivity contribution in [3.63, 3.8) is 0 Å². The molecule has 1 aliphatic rings. The van der Waals surface area contributed by atoms with Gasteiger partial charge in [-0.05, 0) is 20.8 Å². The summed E-state index contributed by atoms with van der Waals surface area (Å²) < 4.78 is 6.83. The van der Waals surface area contributed by atoms with Crippen LogP contribution < -0.4 is 0 Å². The highest BCUT2D eigenvalue weighted by atomic mass is 16.5. The molecule has 114 valence electrons. The van der Waals surface area contributed by atoms with Gasteiger partial charge in [-0.3, -0.25) is 9.48 Å². The maximum absolute atomic E-state index is 12.3. The number of carbonyl (C=O) groups is 1. The van der Waals surface area contributed by atoms with Crippen LogP contribution in [0.3, 0.4) is 0 Å². The molecule has 6 heteroatoms. The second kappa shape index (κ2) is 5.86. The summed E-state index contributed by atoms with van der Waals surface area (Å²) in [5.41, 5.74) is 0.598. The number of nitriles is 1. The number of ether oxygens (including phenoxy) is 1. The third-order valence-electron chi connectivity index (χ3n) is 3.73. The van der Waals surface area contributed by atoms with E-state index in [1.807, 2.05) is 31.9 Å². The number of amides is 1. The molecule has 0 spiro atoms. The topological polar surface area (TPSA) is 71.2 Å². The third kappa shape index (κ3) is 3.08. The lowest BCUT2D eigenvalue weighted by Crippen LogP contribution is -2.44. The summed E-state index contributed by atoms with van der Waals surface area (Å²) in [6, 6.07) is 2.05. The molecule has 1 saturated heterocycles. The minimum absolute atomic E-state index is 0.0312. The van der Waals surface area contributed by atoms with Gasteiger partial charge in [-0.25, -0.2) is 0 Å². The van der Waals surface area contributed by atoms with Gasteiger partial charge in [0, 0.05) is 30.8 Å². The van der Waals surface area contributed by atoms with E-state index in [4.69, 9.17) is 4.74 Å². The third-order valence-corrected chi connectivity index (χ3v) is 3.73. The Morgan fingerprint density at radius 3 is 2.81 bits per heavy atom. The van der Waals surface area contributed by atoms with Gasteiger partial charge in [0.15, 0.2) is 0 Å². The molecule has 1 aromatic rings. The zero-order valence-electron chi connectivity index (χ0n) is 13.0. The van der Waals surface area contributed by atoms with Gasteiger partial charge in [0.1, 0.15) is 0 Å². The molecule has 0 N–H and O–H groups in total. The minimum Gasteiger partial charge on any atom is -0.383 e. The predicted octanol–water partition coefficient (Wildman–Crippen LogP) is 1.74. The van der Waals surface area contributed by atoms with E-state index in [-0.39, 0.29) is 29.8 Å². The summed E-state index contributed by atoms with van der Waals surface area (Å²) in [4.78, 5) is 14.1. The molecule has 1 fully saturated rings. The fourth-order valence-corrected chi connectivity index (χ4v) is 2.86. The van der Waals surface area contributed by atoms with Gasteiger partial charge < -0.3 is 9.64 Å². The van der Waals surface area contributed by atoms with E-state index in [0.29, 0.717) is 13.2 Å². The van der Waals surface area contributed by atoms with Crippen LogP contribution in [0.25, 0.3) is 0 Å². The van der Waals surface area contributed by atoms with Crippen molar-refractivity contribution in [1.29, 1.82) is 5.26 Å². The number of methoxy groups -OCH3 is 1. The fraction of sp³-hybridized carbons (Fsp3) is 0.667. The van der Waals surface area contributed by atoms with Crippen LogP contribution >= 0.6 is 0 Å². The van der Waals surface area contributed by atoms with E-state index < -0.39 is 0 Å². The first-order valence-electron chi connectivity index (χ1n) is 7.11. The molecule has 1 aliphatic heterocycles. The minimum atomic E-state index is -0.322. The molecule has 0 radical (unpaired) electrons. The lowest BCUT2D eigenvalue weighted by Gasteiger charge is -2.37. The molecule has 1 amide bonds. The van der Waals surface area contributed by atoms with E-state index in [0.717, 1.165) is 5.56 Å². The van der Waals surface area contributed by atoms with Crippen LogP contribution in [0.15, 0.2) is 12.4 Å². The molecule has 0 bridgehead atoms. The van der Waals surface area contributed by atoms with Crippen molar-refractivity contribution >= 4 is 5.91 Å². The molecule has 2 atom stereocenters. The number of likely N-dealkylation sites (tertiary alicyclic amines) is 1. The van der Waals surface area contributed by atoms with E-state index >= 15 is 0 Å². The number of hydrogen-bond acceptors (Lipinski definition) is 4. The lowest BCUT2D eigenvalue weighted by atomic mass is 9.95. The van der Waals surface area contributed by atoms with Crippen molar-refractivity contribution in [1.82, 2.24) is 14.7 Å². The van der Waals surface area contributed by atoms with Crippen molar-refractivity contribution < 1.29 is 9.53 Å². The number of hydrogen-bond donors (Lipinski definition) is 0. The van der Waals surface area contributed by atoms with Crippen molar-refractivity contribution in [3.05, 3.63) is 18.0 Å². The first kappa shape index (κ1) is 15.5. The molecule has 6 nitrogen and oxygen atoms in total. The molecule has 2 rings (SSSR count). The van der Waals surface area contributed by atoms with Crippen molar-refractivity contribution in [3.8, 4) is 6.07 Å². The summed E-state index contributed by atoms with van der Waals surface area (Å²) in [5.74, 6) is -0.291. The van der Waals surface area contributed by atoms with Crippen LogP contribution in [-0.4, -0.2) is 39.8 Å². The molecule has 21 heavy (non-hydrogen) atoms. The quantitative estimate of drug-likeness (QED) is 0.847. The van der Waals surface area contributed by atoms with Crippen molar-refractivity contribution in [2.45, 2.75) is 45.3 Å². The number of carbonyl (C=O) groups excluding carboxylic acids is 1. The molecule has 1 aromatic heterocycles. The molecular weight excluding hydrogens is 268 g/mol. The molecule has 0 unspecified atom stereocenters. The second-order valence-electron chi connectivity index (χ2n) is 6.35. The molecule has 0 aromatic carbocycles. The van der Waals surface area contributed by atoms with Crippen LogP contribution in [0.4, 0.5) is 0 Å². The summed E-state index contributed by atoms with van der Waals surface area (Å²) in [6.45, 7) is 7.21. The zero-order chi connectivity index (χ0) is 15.6. The Labute approximate surface area is 125 Å². The standard InChI is InChI=1S/C15H22N4O2/c1-15(2,3)19-13(20)7-11(8-16)14(19)12-9-17-18(10-12)5-6-21-4/h9-11,14H,5-7H2,1-4H3/t11-,14-/m1/s1. The summed E-state index contributed by atoms with van der Waals surface area (Å²) in [5, 5.41) is 13.7. The van der Waals surface area contributed by atoms with Gasteiger partial charge in [-0.15, -0.1) is 0 Å². The number of rotatable bonds is 4. The van der Waals surface area contributed by atoms with Gasteiger partial charge in [0.2, 0.25) is 5.91 Å². The summed E-state index contributed by atoms with van der Waals surface area (Å²) in [6.07, 6.45) is 3.94. The highest BCUT2D eigenvalue weighted by Crippen LogP contribution is 2.41. The monoisotopic (exact) mass is 290 g/mol. The predicted molar refractivity (Wildman–Crippen MR) is 77.2 cm³/mol. The molecule has 0 aliphatic carbocycles. The maximum Gasteiger partial charge on any atom is 0.224 e. The number of aromatic nitrogens is 2. The summed E-state index contributed by atoms with van der Waals surface area (Å²) in [7, 11) is 1.65. The van der Waals surface area contributed by atoms with E-state index in [1.54, 1.807) is 18.0 Å². The summed E-state index contributed by atoms with van der Waals surface area (Å²) >= 11 is 0. The fourth-order valence-electron chi connectivity index (χ4n) is 2.86. The van der Waals surface area contributed by atoms with Crippen molar-refractivity contribution in [2.24, 2.45) is 5.92 Å². The van der Waals surface area contributed by atoms with Crippen LogP contribution in [0.1, 0.15) is 38.8 Å². The maximum atomic E-state index is 12.3. The number of nitrogens with zero attached hydrogens (tertiary/aromatic N) is 4. The average Bonchev–Trinajstić information content (AvgIpc) is 2.98. The van der Waals surface area contributed by atoms with E-state index in [1.165, 1.54) is 0 Å². The van der Waals surface area contributed by atoms with Gasteiger partial charge >= 0.3 is 0 Å².